The van der Waals surface area contributed by atoms with Gasteiger partial charge in [-0.15, -0.1) is 0 Å². The molecule has 1 nitrogen and oxygen atoms in total. The molecular weight excluding hydrogens is 203 g/mol. The van der Waals surface area contributed by atoms with Crippen LogP contribution in [0.3, 0.4) is 0 Å². The normalized spacial score (nSPS) is 8.60. The fraction of sp³-hybridized carbons (Fsp3) is 0.250. The molecule has 1 aromatic carbocycles. The molecule has 1 aromatic rings. The molecule has 0 saturated heterocycles. The van der Waals surface area contributed by atoms with E-state index in [4.69, 9.17) is 5.11 Å². The van der Waals surface area contributed by atoms with E-state index in [2.05, 4.69) is 0 Å². The molecule has 0 fully saturated rings. The Hall–Kier alpha value is -0.0969. The molecule has 1 rings (SSSR count). The van der Waals surface area contributed by atoms with Gasteiger partial charge in [-0.2, -0.15) is 0 Å². The minimum atomic E-state index is 0. The number of benzene rings is 1. The third-order valence-corrected chi connectivity index (χ3v) is 1.49. The Morgan fingerprint density at radius 3 is 2.10 bits per heavy atom. The van der Waals surface area contributed by atoms with E-state index >= 15 is 0 Å². The van der Waals surface area contributed by atoms with Crippen LogP contribution in [0.5, 0.6) is 5.75 Å². The van der Waals surface area contributed by atoms with Crippen LogP contribution in [0, 0.1) is 13.8 Å². The minimum absolute atomic E-state index is 0. The van der Waals surface area contributed by atoms with Crippen molar-refractivity contribution >= 4 is 0 Å². The predicted molar refractivity (Wildman–Crippen MR) is 37.6 cm³/mol. The van der Waals surface area contributed by atoms with Crippen molar-refractivity contribution in [3.05, 3.63) is 29.3 Å². The summed E-state index contributed by atoms with van der Waals surface area (Å²) < 4.78 is 0. The summed E-state index contributed by atoms with van der Waals surface area (Å²) in [6, 6.07) is 5.36. The second kappa shape index (κ2) is 3.92. The number of hydrogen-bond donors (Lipinski definition) is 1. The maximum absolute atomic E-state index is 8.94. The van der Waals surface area contributed by atoms with Crippen LogP contribution in [0.25, 0.3) is 0 Å². The van der Waals surface area contributed by atoms with E-state index in [-0.39, 0.29) is 26.2 Å². The van der Waals surface area contributed by atoms with Crippen molar-refractivity contribution in [2.24, 2.45) is 0 Å². The van der Waals surface area contributed by atoms with Gasteiger partial charge < -0.3 is 5.11 Å². The van der Waals surface area contributed by atoms with Gasteiger partial charge in [0.05, 0.1) is 0 Å². The zero-order chi connectivity index (χ0) is 6.85. The second-order valence-electron chi connectivity index (χ2n) is 2.27. The molecule has 0 saturated carbocycles. The number of phenolic OH excluding ortho intramolecular Hbond substituents is 1. The Morgan fingerprint density at radius 1 is 1.10 bits per heavy atom. The van der Waals surface area contributed by atoms with Crippen LogP contribution in [0.4, 0.5) is 0 Å². The van der Waals surface area contributed by atoms with Gasteiger partial charge >= 0.3 is 0 Å². The maximum Gasteiger partial charge on any atom is 0.115 e. The summed E-state index contributed by atoms with van der Waals surface area (Å²) in [5.41, 5.74) is 2.35. The molecule has 52 valence electrons. The number of aryl methyl sites for hydroxylation is 2. The van der Waals surface area contributed by atoms with Crippen LogP contribution in [0.1, 0.15) is 11.1 Å². The summed E-state index contributed by atoms with van der Waals surface area (Å²) >= 11 is 0. The maximum atomic E-state index is 8.94. The summed E-state index contributed by atoms with van der Waals surface area (Å²) in [5.74, 6) is 0.345. The molecule has 0 bridgehead atoms. The minimum Gasteiger partial charge on any atom is -0.508 e. The van der Waals surface area contributed by atoms with Crippen molar-refractivity contribution in [1.29, 1.82) is 0 Å². The van der Waals surface area contributed by atoms with E-state index in [1.165, 1.54) is 5.56 Å². The van der Waals surface area contributed by atoms with Gasteiger partial charge in [-0.1, -0.05) is 6.07 Å². The van der Waals surface area contributed by atoms with Crippen LogP contribution in [-0.2, 0) is 26.2 Å². The predicted octanol–water partition coefficient (Wildman–Crippen LogP) is 2.01. The molecule has 0 aliphatic heterocycles. The summed E-state index contributed by atoms with van der Waals surface area (Å²) in [6.07, 6.45) is 0. The number of rotatable bonds is 0. The summed E-state index contributed by atoms with van der Waals surface area (Å²) in [7, 11) is 0. The molecule has 0 aromatic heterocycles. The molecule has 0 spiro atoms. The summed E-state index contributed by atoms with van der Waals surface area (Å²) in [6.45, 7) is 4.00. The van der Waals surface area contributed by atoms with Crippen molar-refractivity contribution in [3.63, 3.8) is 0 Å². The Morgan fingerprint density at radius 2 is 1.70 bits per heavy atom. The first-order valence-corrected chi connectivity index (χ1v) is 2.96. The zero-order valence-corrected chi connectivity index (χ0v) is 8.64. The zero-order valence-electron chi connectivity index (χ0n) is 6.18. The van der Waals surface area contributed by atoms with E-state index in [0.717, 1.165) is 5.56 Å². The number of phenols is 1. The Balaban J connectivity index is 0.000000810. The third-order valence-electron chi connectivity index (χ3n) is 1.49. The SMILES string of the molecule is Cc1ccc(O)cc1C.[Zr]. The van der Waals surface area contributed by atoms with Crippen LogP contribution < -0.4 is 0 Å². The smallest absolute Gasteiger partial charge is 0.115 e. The van der Waals surface area contributed by atoms with Gasteiger partial charge in [-0.05, 0) is 37.1 Å². The fourth-order valence-corrected chi connectivity index (χ4v) is 0.726. The first-order chi connectivity index (χ1) is 4.20. The van der Waals surface area contributed by atoms with Gasteiger partial charge in [0.1, 0.15) is 5.75 Å². The molecule has 0 atom stereocenters. The number of aromatic hydroxyl groups is 1. The van der Waals surface area contributed by atoms with Gasteiger partial charge in [0.15, 0.2) is 0 Å². The Kier molecular flexibility index (Phi) is 3.89. The Bertz CT molecular complexity index is 220. The molecule has 0 unspecified atom stereocenters. The van der Waals surface area contributed by atoms with E-state index in [1.54, 1.807) is 12.1 Å². The molecular formula is C8H10OZr. The quantitative estimate of drug-likeness (QED) is 0.699. The molecule has 0 aliphatic carbocycles. The van der Waals surface area contributed by atoms with Crippen LogP contribution in [-0.4, -0.2) is 5.11 Å². The molecule has 0 radical (unpaired) electrons. The molecule has 2 heteroatoms. The summed E-state index contributed by atoms with van der Waals surface area (Å²) in [4.78, 5) is 0. The molecule has 10 heavy (non-hydrogen) atoms. The largest absolute Gasteiger partial charge is 0.508 e. The van der Waals surface area contributed by atoms with Crippen LogP contribution in [0.2, 0.25) is 0 Å². The van der Waals surface area contributed by atoms with E-state index in [9.17, 15) is 0 Å². The summed E-state index contributed by atoms with van der Waals surface area (Å²) in [5, 5.41) is 8.94. The van der Waals surface area contributed by atoms with E-state index < -0.39 is 0 Å². The van der Waals surface area contributed by atoms with Crippen LogP contribution >= 0.6 is 0 Å². The van der Waals surface area contributed by atoms with Crippen molar-refractivity contribution in [3.8, 4) is 5.75 Å². The van der Waals surface area contributed by atoms with Crippen molar-refractivity contribution in [1.82, 2.24) is 0 Å². The average molecular weight is 213 g/mol. The van der Waals surface area contributed by atoms with Crippen molar-refractivity contribution in [2.45, 2.75) is 13.8 Å². The van der Waals surface area contributed by atoms with Gasteiger partial charge in [-0.25, -0.2) is 0 Å². The first kappa shape index (κ1) is 9.90. The van der Waals surface area contributed by atoms with Gasteiger partial charge in [-0.3, -0.25) is 0 Å². The van der Waals surface area contributed by atoms with Gasteiger partial charge in [0, 0.05) is 26.2 Å². The topological polar surface area (TPSA) is 20.2 Å². The average Bonchev–Trinajstić information content (AvgIpc) is 1.80. The molecule has 0 heterocycles. The standard InChI is InChI=1S/C8H10O.Zr/c1-6-3-4-8(9)5-7(6)2;/h3-5,9H,1-2H3;. The van der Waals surface area contributed by atoms with Crippen molar-refractivity contribution < 1.29 is 31.3 Å². The van der Waals surface area contributed by atoms with E-state index in [1.807, 2.05) is 19.9 Å². The molecule has 0 aliphatic rings. The van der Waals surface area contributed by atoms with Crippen molar-refractivity contribution in [2.75, 3.05) is 0 Å². The fourth-order valence-electron chi connectivity index (χ4n) is 0.726. The monoisotopic (exact) mass is 212 g/mol. The molecule has 0 amide bonds. The van der Waals surface area contributed by atoms with Crippen LogP contribution in [0.15, 0.2) is 18.2 Å². The van der Waals surface area contributed by atoms with E-state index in [0.29, 0.717) is 5.75 Å². The third kappa shape index (κ3) is 2.26. The number of hydrogen-bond acceptors (Lipinski definition) is 1. The van der Waals surface area contributed by atoms with Gasteiger partial charge in [0.25, 0.3) is 0 Å². The second-order valence-corrected chi connectivity index (χ2v) is 2.27. The molecule has 1 N–H and O–H groups in total. The Labute approximate surface area is 80.2 Å². The first-order valence-electron chi connectivity index (χ1n) is 2.96. The van der Waals surface area contributed by atoms with Gasteiger partial charge in [0.2, 0.25) is 0 Å².